The van der Waals surface area contributed by atoms with Crippen LogP contribution in [0.3, 0.4) is 0 Å². The van der Waals surface area contributed by atoms with E-state index in [1.165, 1.54) is 6.07 Å². The number of aromatic nitrogens is 2. The van der Waals surface area contributed by atoms with Crippen molar-refractivity contribution in [2.75, 3.05) is 13.7 Å². The molecule has 1 aromatic heterocycles. The SMILES string of the molecule is CCCCNC(=O)c1cc(=O)[nH]c(Cc2ccc(OC)cc2)n1. The number of amides is 1. The van der Waals surface area contributed by atoms with E-state index in [1.807, 2.05) is 31.2 Å². The van der Waals surface area contributed by atoms with Crippen molar-refractivity contribution in [2.45, 2.75) is 26.2 Å². The first kappa shape index (κ1) is 16.7. The van der Waals surface area contributed by atoms with Gasteiger partial charge in [-0.3, -0.25) is 9.59 Å². The van der Waals surface area contributed by atoms with Crippen LogP contribution in [0.15, 0.2) is 35.1 Å². The number of H-pyrrole nitrogens is 1. The van der Waals surface area contributed by atoms with Crippen LogP contribution in [0.2, 0.25) is 0 Å². The van der Waals surface area contributed by atoms with Crippen molar-refractivity contribution in [3.05, 3.63) is 57.8 Å². The van der Waals surface area contributed by atoms with Gasteiger partial charge in [-0.15, -0.1) is 0 Å². The Morgan fingerprint density at radius 2 is 2.04 bits per heavy atom. The highest BCUT2D eigenvalue weighted by atomic mass is 16.5. The maximum Gasteiger partial charge on any atom is 0.270 e. The fourth-order valence-corrected chi connectivity index (χ4v) is 2.11. The smallest absolute Gasteiger partial charge is 0.270 e. The van der Waals surface area contributed by atoms with Crippen LogP contribution in [0.1, 0.15) is 41.6 Å². The number of aromatic amines is 1. The minimum Gasteiger partial charge on any atom is -0.497 e. The van der Waals surface area contributed by atoms with Gasteiger partial charge in [0.2, 0.25) is 0 Å². The summed E-state index contributed by atoms with van der Waals surface area (Å²) in [6.45, 7) is 2.63. The van der Waals surface area contributed by atoms with Gasteiger partial charge in [0, 0.05) is 19.0 Å². The molecule has 0 saturated carbocycles. The Morgan fingerprint density at radius 1 is 1.30 bits per heavy atom. The second kappa shape index (κ2) is 8.12. The minimum absolute atomic E-state index is 0.147. The highest BCUT2D eigenvalue weighted by Crippen LogP contribution is 2.13. The fourth-order valence-electron chi connectivity index (χ4n) is 2.11. The predicted octanol–water partition coefficient (Wildman–Crippen LogP) is 1.90. The van der Waals surface area contributed by atoms with Gasteiger partial charge in [-0.2, -0.15) is 0 Å². The molecule has 6 nitrogen and oxygen atoms in total. The average Bonchev–Trinajstić information content (AvgIpc) is 2.55. The lowest BCUT2D eigenvalue weighted by Crippen LogP contribution is -2.27. The van der Waals surface area contributed by atoms with E-state index in [-0.39, 0.29) is 17.2 Å². The lowest BCUT2D eigenvalue weighted by molar-refractivity contribution is 0.0947. The number of nitrogens with zero attached hydrogens (tertiary/aromatic N) is 1. The Bertz CT molecular complexity index is 708. The van der Waals surface area contributed by atoms with E-state index in [2.05, 4.69) is 15.3 Å². The van der Waals surface area contributed by atoms with Gasteiger partial charge >= 0.3 is 0 Å². The Labute approximate surface area is 134 Å². The molecule has 2 N–H and O–H groups in total. The van der Waals surface area contributed by atoms with E-state index in [1.54, 1.807) is 7.11 Å². The summed E-state index contributed by atoms with van der Waals surface area (Å²) >= 11 is 0. The largest absolute Gasteiger partial charge is 0.497 e. The molecule has 2 rings (SSSR count). The Morgan fingerprint density at radius 3 is 2.70 bits per heavy atom. The third-order valence-electron chi connectivity index (χ3n) is 3.37. The van der Waals surface area contributed by atoms with Crippen LogP contribution >= 0.6 is 0 Å². The summed E-state index contributed by atoms with van der Waals surface area (Å²) in [6.07, 6.45) is 2.33. The molecule has 0 atom stereocenters. The predicted molar refractivity (Wildman–Crippen MR) is 87.9 cm³/mol. The summed E-state index contributed by atoms with van der Waals surface area (Å²) in [5.74, 6) is 0.906. The molecule has 1 heterocycles. The molecule has 122 valence electrons. The van der Waals surface area contributed by atoms with Crippen molar-refractivity contribution >= 4 is 5.91 Å². The number of hydrogen-bond donors (Lipinski definition) is 2. The van der Waals surface area contributed by atoms with Crippen LogP contribution in [0.5, 0.6) is 5.75 Å². The van der Waals surface area contributed by atoms with Gasteiger partial charge in [-0.05, 0) is 24.1 Å². The van der Waals surface area contributed by atoms with Gasteiger partial charge < -0.3 is 15.0 Å². The van der Waals surface area contributed by atoms with Gasteiger partial charge in [0.15, 0.2) is 0 Å². The van der Waals surface area contributed by atoms with Crippen LogP contribution in [-0.4, -0.2) is 29.5 Å². The summed E-state index contributed by atoms with van der Waals surface area (Å²) in [4.78, 5) is 30.7. The van der Waals surface area contributed by atoms with E-state index in [0.29, 0.717) is 18.8 Å². The normalized spacial score (nSPS) is 10.3. The monoisotopic (exact) mass is 315 g/mol. The summed E-state index contributed by atoms with van der Waals surface area (Å²) < 4.78 is 5.11. The molecular weight excluding hydrogens is 294 g/mol. The first-order valence-electron chi connectivity index (χ1n) is 7.63. The number of carbonyl (C=O) groups is 1. The standard InChI is InChI=1S/C17H21N3O3/c1-3-4-9-18-17(22)14-11-16(21)20-15(19-14)10-12-5-7-13(23-2)8-6-12/h5-8,11H,3-4,9-10H2,1-2H3,(H,18,22)(H,19,20,21). The van der Waals surface area contributed by atoms with Crippen molar-refractivity contribution in [3.63, 3.8) is 0 Å². The molecule has 0 unspecified atom stereocenters. The van der Waals surface area contributed by atoms with Gasteiger partial charge in [0.05, 0.1) is 7.11 Å². The molecule has 0 saturated heterocycles. The second-order valence-corrected chi connectivity index (χ2v) is 5.21. The molecule has 0 bridgehead atoms. The van der Waals surface area contributed by atoms with Gasteiger partial charge in [-0.25, -0.2) is 4.98 Å². The fraction of sp³-hybridized carbons (Fsp3) is 0.353. The third kappa shape index (κ3) is 4.95. The molecule has 2 aromatic rings. The Kier molecular flexibility index (Phi) is 5.91. The van der Waals surface area contributed by atoms with Crippen LogP contribution in [-0.2, 0) is 6.42 Å². The zero-order valence-corrected chi connectivity index (χ0v) is 13.4. The maximum absolute atomic E-state index is 12.0. The molecule has 0 aliphatic heterocycles. The number of carbonyl (C=O) groups excluding carboxylic acids is 1. The van der Waals surface area contributed by atoms with Gasteiger partial charge in [0.1, 0.15) is 17.3 Å². The molecule has 6 heteroatoms. The number of methoxy groups -OCH3 is 1. The molecule has 0 radical (unpaired) electrons. The number of unbranched alkanes of at least 4 members (excludes halogenated alkanes) is 1. The molecule has 1 amide bonds. The molecule has 0 fully saturated rings. The third-order valence-corrected chi connectivity index (χ3v) is 3.37. The van der Waals surface area contributed by atoms with E-state index < -0.39 is 0 Å². The minimum atomic E-state index is -0.329. The number of ether oxygens (including phenoxy) is 1. The van der Waals surface area contributed by atoms with Crippen molar-refractivity contribution < 1.29 is 9.53 Å². The van der Waals surface area contributed by atoms with Gasteiger partial charge in [-0.1, -0.05) is 25.5 Å². The lowest BCUT2D eigenvalue weighted by atomic mass is 10.1. The van der Waals surface area contributed by atoms with Crippen LogP contribution in [0.25, 0.3) is 0 Å². The summed E-state index contributed by atoms with van der Waals surface area (Å²) in [6, 6.07) is 8.70. The van der Waals surface area contributed by atoms with Gasteiger partial charge in [0.25, 0.3) is 11.5 Å². The van der Waals surface area contributed by atoms with Crippen LogP contribution < -0.4 is 15.6 Å². The number of hydrogen-bond acceptors (Lipinski definition) is 4. The molecule has 23 heavy (non-hydrogen) atoms. The molecule has 0 aliphatic rings. The quantitative estimate of drug-likeness (QED) is 0.764. The molecule has 1 aromatic carbocycles. The van der Waals surface area contributed by atoms with Crippen LogP contribution in [0.4, 0.5) is 0 Å². The number of benzene rings is 1. The zero-order valence-electron chi connectivity index (χ0n) is 13.4. The van der Waals surface area contributed by atoms with Crippen molar-refractivity contribution in [2.24, 2.45) is 0 Å². The van der Waals surface area contributed by atoms with Crippen molar-refractivity contribution in [1.82, 2.24) is 15.3 Å². The molecule has 0 spiro atoms. The zero-order chi connectivity index (χ0) is 16.7. The highest BCUT2D eigenvalue weighted by Gasteiger charge is 2.10. The van der Waals surface area contributed by atoms with Crippen molar-refractivity contribution in [3.8, 4) is 5.75 Å². The molecule has 0 aliphatic carbocycles. The van der Waals surface area contributed by atoms with E-state index in [4.69, 9.17) is 4.74 Å². The van der Waals surface area contributed by atoms with E-state index in [0.717, 1.165) is 24.2 Å². The number of rotatable bonds is 7. The molecular formula is C17H21N3O3. The second-order valence-electron chi connectivity index (χ2n) is 5.21. The van der Waals surface area contributed by atoms with Crippen molar-refractivity contribution in [1.29, 1.82) is 0 Å². The summed E-state index contributed by atoms with van der Waals surface area (Å²) in [7, 11) is 1.61. The summed E-state index contributed by atoms with van der Waals surface area (Å²) in [5.41, 5.74) is 0.787. The Balaban J connectivity index is 2.12. The topological polar surface area (TPSA) is 84.1 Å². The average molecular weight is 315 g/mol. The highest BCUT2D eigenvalue weighted by molar-refractivity contribution is 5.92. The summed E-state index contributed by atoms with van der Waals surface area (Å²) in [5, 5.41) is 2.76. The first-order chi connectivity index (χ1) is 11.1. The van der Waals surface area contributed by atoms with E-state index in [9.17, 15) is 9.59 Å². The maximum atomic E-state index is 12.0. The first-order valence-corrected chi connectivity index (χ1v) is 7.63. The Hall–Kier alpha value is -2.63. The lowest BCUT2D eigenvalue weighted by Gasteiger charge is -2.06. The van der Waals surface area contributed by atoms with Crippen LogP contribution in [0, 0.1) is 0 Å². The van der Waals surface area contributed by atoms with E-state index >= 15 is 0 Å². The number of nitrogens with one attached hydrogen (secondary N) is 2.